The standard InChI is InChI=1S/C19H22N6O2S/c1-19(2)15-12(3-6-27-19)13-14(28-15)17(25-4-7-26-8-5-25)24-16(23-13)11-9-21-18(20)22-10-11/h9-10H,3-8H2,1-2H3,(H2,20,21,22). The molecule has 1 saturated heterocycles. The van der Waals surface area contributed by atoms with Gasteiger partial charge in [0.1, 0.15) is 0 Å². The van der Waals surface area contributed by atoms with Gasteiger partial charge >= 0.3 is 0 Å². The normalized spacial score (nSPS) is 19.0. The molecular formula is C19H22N6O2S. The fourth-order valence-electron chi connectivity index (χ4n) is 3.77. The van der Waals surface area contributed by atoms with E-state index in [-0.39, 0.29) is 11.5 Å². The highest BCUT2D eigenvalue weighted by atomic mass is 32.1. The summed E-state index contributed by atoms with van der Waals surface area (Å²) in [5.74, 6) is 1.82. The summed E-state index contributed by atoms with van der Waals surface area (Å²) in [4.78, 5) is 21.6. The number of anilines is 2. The number of nitrogens with two attached hydrogens (primary N) is 1. The number of aromatic nitrogens is 4. The van der Waals surface area contributed by atoms with Gasteiger partial charge < -0.3 is 20.1 Å². The smallest absolute Gasteiger partial charge is 0.219 e. The van der Waals surface area contributed by atoms with Crippen molar-refractivity contribution in [1.29, 1.82) is 0 Å². The molecule has 0 unspecified atom stereocenters. The third-order valence-corrected chi connectivity index (χ3v) is 6.74. The third kappa shape index (κ3) is 2.90. The first-order valence-electron chi connectivity index (χ1n) is 9.41. The van der Waals surface area contributed by atoms with Crippen LogP contribution in [0.15, 0.2) is 12.4 Å². The Morgan fingerprint density at radius 1 is 1.11 bits per heavy atom. The van der Waals surface area contributed by atoms with Crippen molar-refractivity contribution in [2.75, 3.05) is 43.5 Å². The number of morpholine rings is 1. The molecule has 1 fully saturated rings. The molecule has 8 nitrogen and oxygen atoms in total. The number of rotatable bonds is 2. The van der Waals surface area contributed by atoms with E-state index in [1.807, 2.05) is 0 Å². The van der Waals surface area contributed by atoms with Crippen LogP contribution in [0.25, 0.3) is 21.6 Å². The molecule has 2 aliphatic rings. The maximum absolute atomic E-state index is 6.03. The summed E-state index contributed by atoms with van der Waals surface area (Å²) in [5.41, 5.74) is 8.38. The van der Waals surface area contributed by atoms with E-state index in [9.17, 15) is 0 Å². The van der Waals surface area contributed by atoms with E-state index in [0.717, 1.165) is 41.1 Å². The van der Waals surface area contributed by atoms with Crippen molar-refractivity contribution in [3.05, 3.63) is 22.8 Å². The Labute approximate surface area is 166 Å². The summed E-state index contributed by atoms with van der Waals surface area (Å²) < 4.78 is 12.7. The van der Waals surface area contributed by atoms with Gasteiger partial charge in [-0.2, -0.15) is 0 Å². The van der Waals surface area contributed by atoms with Crippen molar-refractivity contribution >= 4 is 33.3 Å². The average molecular weight is 398 g/mol. The number of hydrogen-bond donors (Lipinski definition) is 1. The quantitative estimate of drug-likeness (QED) is 0.702. The zero-order chi connectivity index (χ0) is 19.3. The van der Waals surface area contributed by atoms with Gasteiger partial charge in [0.05, 0.1) is 41.2 Å². The Bertz CT molecular complexity index is 1030. The molecule has 0 spiro atoms. The fourth-order valence-corrected chi connectivity index (χ4v) is 5.13. The van der Waals surface area contributed by atoms with Gasteiger partial charge in [0.15, 0.2) is 11.6 Å². The van der Waals surface area contributed by atoms with Gasteiger partial charge in [-0.25, -0.2) is 19.9 Å². The lowest BCUT2D eigenvalue weighted by atomic mass is 9.97. The number of ether oxygens (including phenoxy) is 2. The molecule has 0 aromatic carbocycles. The molecule has 0 aliphatic carbocycles. The summed E-state index contributed by atoms with van der Waals surface area (Å²) in [6.45, 7) is 7.96. The second-order valence-corrected chi connectivity index (χ2v) is 8.52. The minimum absolute atomic E-state index is 0.241. The Morgan fingerprint density at radius 2 is 1.86 bits per heavy atom. The van der Waals surface area contributed by atoms with Crippen LogP contribution in [0.5, 0.6) is 0 Å². The first-order valence-corrected chi connectivity index (χ1v) is 10.2. The molecule has 9 heteroatoms. The first kappa shape index (κ1) is 17.7. The summed E-state index contributed by atoms with van der Waals surface area (Å²) >= 11 is 1.75. The van der Waals surface area contributed by atoms with Gasteiger partial charge in [-0.15, -0.1) is 11.3 Å². The van der Waals surface area contributed by atoms with Crippen LogP contribution in [-0.4, -0.2) is 52.8 Å². The Hall–Kier alpha value is -2.36. The summed E-state index contributed by atoms with van der Waals surface area (Å²) in [5, 5.41) is 0. The molecule has 3 aromatic heterocycles. The molecule has 0 amide bonds. The van der Waals surface area contributed by atoms with Crippen molar-refractivity contribution in [3.8, 4) is 11.4 Å². The maximum atomic E-state index is 6.03. The maximum Gasteiger partial charge on any atom is 0.219 e. The highest BCUT2D eigenvalue weighted by Gasteiger charge is 2.34. The Kier molecular flexibility index (Phi) is 4.18. The molecule has 2 aliphatic heterocycles. The van der Waals surface area contributed by atoms with Crippen LogP contribution in [0.3, 0.4) is 0 Å². The van der Waals surface area contributed by atoms with Gasteiger partial charge in [-0.1, -0.05) is 0 Å². The molecule has 5 rings (SSSR count). The monoisotopic (exact) mass is 398 g/mol. The van der Waals surface area contributed by atoms with E-state index in [2.05, 4.69) is 28.7 Å². The zero-order valence-corrected chi connectivity index (χ0v) is 16.8. The molecule has 28 heavy (non-hydrogen) atoms. The van der Waals surface area contributed by atoms with Gasteiger partial charge in [0, 0.05) is 30.4 Å². The van der Waals surface area contributed by atoms with Crippen LogP contribution in [0.2, 0.25) is 0 Å². The third-order valence-electron chi connectivity index (χ3n) is 5.21. The number of nitrogens with zero attached hydrogens (tertiary/aromatic N) is 5. The van der Waals surface area contributed by atoms with Gasteiger partial charge in [0.25, 0.3) is 0 Å². The average Bonchev–Trinajstić information content (AvgIpc) is 3.09. The van der Waals surface area contributed by atoms with E-state index in [0.29, 0.717) is 25.6 Å². The van der Waals surface area contributed by atoms with Crippen LogP contribution in [-0.2, 0) is 21.5 Å². The molecule has 0 bridgehead atoms. The zero-order valence-electron chi connectivity index (χ0n) is 15.9. The number of nitrogen functional groups attached to an aromatic ring is 1. The van der Waals surface area contributed by atoms with Crippen LogP contribution in [0.1, 0.15) is 24.3 Å². The van der Waals surface area contributed by atoms with Crippen molar-refractivity contribution in [3.63, 3.8) is 0 Å². The lowest BCUT2D eigenvalue weighted by Gasteiger charge is -2.29. The van der Waals surface area contributed by atoms with Crippen molar-refractivity contribution in [1.82, 2.24) is 19.9 Å². The molecule has 0 saturated carbocycles. The highest BCUT2D eigenvalue weighted by molar-refractivity contribution is 7.20. The predicted molar refractivity (Wildman–Crippen MR) is 109 cm³/mol. The summed E-state index contributed by atoms with van der Waals surface area (Å²) in [6.07, 6.45) is 4.22. The van der Waals surface area contributed by atoms with Crippen molar-refractivity contribution < 1.29 is 9.47 Å². The van der Waals surface area contributed by atoms with Gasteiger partial charge in [-0.05, 0) is 25.8 Å². The largest absolute Gasteiger partial charge is 0.378 e. The van der Waals surface area contributed by atoms with Crippen LogP contribution in [0, 0.1) is 0 Å². The summed E-state index contributed by atoms with van der Waals surface area (Å²) in [6, 6.07) is 0. The molecule has 3 aromatic rings. The van der Waals surface area contributed by atoms with Crippen molar-refractivity contribution in [2.24, 2.45) is 0 Å². The molecular weight excluding hydrogens is 376 g/mol. The predicted octanol–water partition coefficient (Wildman–Crippen LogP) is 2.37. The fraction of sp³-hybridized carbons (Fsp3) is 0.474. The van der Waals surface area contributed by atoms with Gasteiger partial charge in [-0.3, -0.25) is 0 Å². The lowest BCUT2D eigenvalue weighted by Crippen LogP contribution is -2.36. The second-order valence-electron chi connectivity index (χ2n) is 7.50. The van der Waals surface area contributed by atoms with Crippen LogP contribution < -0.4 is 10.6 Å². The number of thiophene rings is 1. The highest BCUT2D eigenvalue weighted by Crippen LogP contribution is 2.45. The van der Waals surface area contributed by atoms with Crippen LogP contribution >= 0.6 is 11.3 Å². The van der Waals surface area contributed by atoms with Gasteiger partial charge in [0.2, 0.25) is 5.95 Å². The molecule has 146 valence electrons. The van der Waals surface area contributed by atoms with E-state index in [1.54, 1.807) is 23.7 Å². The number of fused-ring (bicyclic) bond motifs is 3. The molecule has 2 N–H and O–H groups in total. The minimum Gasteiger partial charge on any atom is -0.378 e. The van der Waals surface area contributed by atoms with E-state index < -0.39 is 0 Å². The number of hydrogen-bond acceptors (Lipinski definition) is 9. The second kappa shape index (κ2) is 6.61. The van der Waals surface area contributed by atoms with E-state index in [4.69, 9.17) is 25.2 Å². The Balaban J connectivity index is 1.75. The molecule has 0 radical (unpaired) electrons. The molecule has 5 heterocycles. The van der Waals surface area contributed by atoms with E-state index >= 15 is 0 Å². The summed E-state index contributed by atoms with van der Waals surface area (Å²) in [7, 11) is 0. The van der Waals surface area contributed by atoms with E-state index in [1.165, 1.54) is 10.4 Å². The first-order chi connectivity index (χ1) is 13.5. The lowest BCUT2D eigenvalue weighted by molar-refractivity contribution is -0.0279. The van der Waals surface area contributed by atoms with Crippen LogP contribution in [0.4, 0.5) is 11.8 Å². The molecule has 0 atom stereocenters. The SMILES string of the molecule is CC1(C)OCCc2c1sc1c(N3CCOCC3)nc(-c3cnc(N)nc3)nc21. The minimum atomic E-state index is -0.314. The van der Waals surface area contributed by atoms with Crippen molar-refractivity contribution in [2.45, 2.75) is 25.9 Å². The Morgan fingerprint density at radius 3 is 2.61 bits per heavy atom. The topological polar surface area (TPSA) is 99.3 Å².